The van der Waals surface area contributed by atoms with Crippen molar-refractivity contribution in [2.24, 2.45) is 5.41 Å². The number of hydrogen-bond donors (Lipinski definition) is 0. The molecule has 4 rings (SSSR count). The monoisotopic (exact) mass is 445 g/mol. The first kappa shape index (κ1) is 22.4. The standard InChI is InChI=1S/C27H27NO5/c1-27(2)18-28(20-12-8-5-9-13-20)25(29)24(27)33-26(30)23(19-10-6-4-7-11-19)32-22-16-14-21(31-3)15-17-22/h4-17,23-24H,18H2,1-3H3. The lowest BCUT2D eigenvalue weighted by atomic mass is 9.89. The number of para-hydroxylation sites is 1. The zero-order chi connectivity index (χ0) is 23.4. The molecule has 0 saturated carbocycles. The fourth-order valence-electron chi connectivity index (χ4n) is 3.93. The Kier molecular flexibility index (Phi) is 6.36. The van der Waals surface area contributed by atoms with Crippen molar-refractivity contribution in [2.45, 2.75) is 26.1 Å². The van der Waals surface area contributed by atoms with E-state index in [9.17, 15) is 9.59 Å². The summed E-state index contributed by atoms with van der Waals surface area (Å²) in [6.07, 6.45) is -1.94. The summed E-state index contributed by atoms with van der Waals surface area (Å²) in [4.78, 5) is 28.3. The Labute approximate surface area is 193 Å². The molecule has 0 aromatic heterocycles. The summed E-state index contributed by atoms with van der Waals surface area (Å²) in [5.74, 6) is 0.319. The molecule has 0 N–H and O–H groups in total. The molecule has 1 fully saturated rings. The van der Waals surface area contributed by atoms with Crippen molar-refractivity contribution >= 4 is 17.6 Å². The van der Waals surface area contributed by atoms with Gasteiger partial charge in [0.15, 0.2) is 6.10 Å². The number of amides is 1. The summed E-state index contributed by atoms with van der Waals surface area (Å²) in [6.45, 7) is 4.30. The van der Waals surface area contributed by atoms with E-state index in [1.807, 2.05) is 62.4 Å². The van der Waals surface area contributed by atoms with E-state index < -0.39 is 23.6 Å². The fraction of sp³-hybridized carbons (Fsp3) is 0.259. The van der Waals surface area contributed by atoms with E-state index in [0.717, 1.165) is 5.69 Å². The van der Waals surface area contributed by atoms with Crippen LogP contribution in [0.4, 0.5) is 5.69 Å². The molecule has 1 heterocycles. The zero-order valence-corrected chi connectivity index (χ0v) is 18.9. The lowest BCUT2D eigenvalue weighted by Crippen LogP contribution is -2.38. The second-order valence-corrected chi connectivity index (χ2v) is 8.65. The van der Waals surface area contributed by atoms with Crippen molar-refractivity contribution in [1.82, 2.24) is 0 Å². The summed E-state index contributed by atoms with van der Waals surface area (Å²) < 4.78 is 17.1. The van der Waals surface area contributed by atoms with E-state index in [-0.39, 0.29) is 5.91 Å². The van der Waals surface area contributed by atoms with Gasteiger partial charge in [-0.2, -0.15) is 0 Å². The summed E-state index contributed by atoms with van der Waals surface area (Å²) in [5.41, 5.74) is 0.855. The first-order chi connectivity index (χ1) is 15.9. The Bertz CT molecular complexity index is 1100. The van der Waals surface area contributed by atoms with Crippen molar-refractivity contribution < 1.29 is 23.8 Å². The van der Waals surface area contributed by atoms with Gasteiger partial charge in [0.25, 0.3) is 5.91 Å². The molecule has 6 heteroatoms. The number of carbonyl (C=O) groups excluding carboxylic acids is 2. The Morgan fingerprint density at radius 2 is 1.48 bits per heavy atom. The number of esters is 1. The van der Waals surface area contributed by atoms with Crippen LogP contribution in [0.1, 0.15) is 25.5 Å². The Hall–Kier alpha value is -3.80. The number of nitrogens with zero attached hydrogens (tertiary/aromatic N) is 1. The largest absolute Gasteiger partial charge is 0.497 e. The van der Waals surface area contributed by atoms with Crippen molar-refractivity contribution in [3.8, 4) is 11.5 Å². The van der Waals surface area contributed by atoms with Crippen LogP contribution in [0.2, 0.25) is 0 Å². The van der Waals surface area contributed by atoms with Gasteiger partial charge in [-0.05, 0) is 36.4 Å². The van der Waals surface area contributed by atoms with Crippen LogP contribution in [0.15, 0.2) is 84.9 Å². The number of benzene rings is 3. The van der Waals surface area contributed by atoms with Gasteiger partial charge in [0.05, 0.1) is 7.11 Å². The van der Waals surface area contributed by atoms with E-state index in [0.29, 0.717) is 23.6 Å². The van der Waals surface area contributed by atoms with E-state index in [1.54, 1.807) is 48.4 Å². The number of carbonyl (C=O) groups is 2. The maximum absolute atomic E-state index is 13.4. The van der Waals surface area contributed by atoms with Gasteiger partial charge in [-0.1, -0.05) is 62.4 Å². The molecule has 1 amide bonds. The lowest BCUT2D eigenvalue weighted by molar-refractivity contribution is -0.165. The minimum atomic E-state index is -1.02. The number of anilines is 1. The van der Waals surface area contributed by atoms with Gasteiger partial charge in [-0.25, -0.2) is 4.79 Å². The van der Waals surface area contributed by atoms with Crippen molar-refractivity contribution in [2.75, 3.05) is 18.6 Å². The Morgan fingerprint density at radius 1 is 0.909 bits per heavy atom. The van der Waals surface area contributed by atoms with Gasteiger partial charge >= 0.3 is 5.97 Å². The Morgan fingerprint density at radius 3 is 2.09 bits per heavy atom. The van der Waals surface area contributed by atoms with Crippen LogP contribution in [0.5, 0.6) is 11.5 Å². The molecule has 1 aliphatic rings. The molecule has 1 saturated heterocycles. The average molecular weight is 446 g/mol. The van der Waals surface area contributed by atoms with E-state index in [2.05, 4.69) is 0 Å². The van der Waals surface area contributed by atoms with Crippen LogP contribution in [-0.2, 0) is 14.3 Å². The van der Waals surface area contributed by atoms with Crippen LogP contribution in [0, 0.1) is 5.41 Å². The third-order valence-electron chi connectivity index (χ3n) is 5.70. The predicted octanol–water partition coefficient (Wildman–Crippen LogP) is 4.80. The van der Waals surface area contributed by atoms with Crippen LogP contribution in [0.3, 0.4) is 0 Å². The highest BCUT2D eigenvalue weighted by atomic mass is 16.6. The minimum Gasteiger partial charge on any atom is -0.497 e. The van der Waals surface area contributed by atoms with Gasteiger partial charge < -0.3 is 19.1 Å². The second kappa shape index (κ2) is 9.36. The summed E-state index contributed by atoms with van der Waals surface area (Å²) in [6, 6.07) is 25.5. The van der Waals surface area contributed by atoms with Crippen molar-refractivity contribution in [3.63, 3.8) is 0 Å². The van der Waals surface area contributed by atoms with E-state index in [1.165, 1.54) is 0 Å². The molecular formula is C27H27NO5. The van der Waals surface area contributed by atoms with Gasteiger partial charge in [0.1, 0.15) is 11.5 Å². The quantitative estimate of drug-likeness (QED) is 0.489. The summed E-state index contributed by atoms with van der Waals surface area (Å²) in [5, 5.41) is 0. The maximum atomic E-state index is 13.4. The highest BCUT2D eigenvalue weighted by Crippen LogP contribution is 2.37. The van der Waals surface area contributed by atoms with Crippen molar-refractivity contribution in [1.29, 1.82) is 0 Å². The lowest BCUT2D eigenvalue weighted by Gasteiger charge is -2.26. The van der Waals surface area contributed by atoms with Crippen LogP contribution in [0.25, 0.3) is 0 Å². The highest BCUT2D eigenvalue weighted by molar-refractivity contribution is 6.01. The molecule has 6 nitrogen and oxygen atoms in total. The zero-order valence-electron chi connectivity index (χ0n) is 18.9. The third-order valence-corrected chi connectivity index (χ3v) is 5.70. The molecule has 2 unspecified atom stereocenters. The van der Waals surface area contributed by atoms with Crippen LogP contribution < -0.4 is 14.4 Å². The number of ether oxygens (including phenoxy) is 3. The van der Waals surface area contributed by atoms with Crippen LogP contribution in [-0.4, -0.2) is 31.6 Å². The third kappa shape index (κ3) is 4.85. The highest BCUT2D eigenvalue weighted by Gasteiger charge is 2.50. The molecule has 0 aliphatic carbocycles. The number of methoxy groups -OCH3 is 1. The van der Waals surface area contributed by atoms with Gasteiger partial charge in [-0.15, -0.1) is 0 Å². The first-order valence-corrected chi connectivity index (χ1v) is 10.8. The second-order valence-electron chi connectivity index (χ2n) is 8.65. The molecule has 3 aromatic carbocycles. The van der Waals surface area contributed by atoms with Crippen LogP contribution >= 0.6 is 0 Å². The number of hydrogen-bond acceptors (Lipinski definition) is 5. The van der Waals surface area contributed by atoms with Gasteiger partial charge in [0, 0.05) is 23.2 Å². The van der Waals surface area contributed by atoms with Crippen molar-refractivity contribution in [3.05, 3.63) is 90.5 Å². The molecule has 1 aliphatic heterocycles. The molecule has 170 valence electrons. The topological polar surface area (TPSA) is 65.1 Å². The van der Waals surface area contributed by atoms with Gasteiger partial charge in [0.2, 0.25) is 6.10 Å². The fourth-order valence-corrected chi connectivity index (χ4v) is 3.93. The normalized spacial score (nSPS) is 18.0. The Balaban J connectivity index is 1.57. The minimum absolute atomic E-state index is 0.240. The smallest absolute Gasteiger partial charge is 0.352 e. The number of rotatable bonds is 7. The molecule has 33 heavy (non-hydrogen) atoms. The van der Waals surface area contributed by atoms with Gasteiger partial charge in [-0.3, -0.25) is 4.79 Å². The maximum Gasteiger partial charge on any atom is 0.352 e. The molecule has 2 atom stereocenters. The molecule has 3 aromatic rings. The van der Waals surface area contributed by atoms with E-state index >= 15 is 0 Å². The predicted molar refractivity (Wildman–Crippen MR) is 125 cm³/mol. The molecular weight excluding hydrogens is 418 g/mol. The molecule has 0 radical (unpaired) electrons. The summed E-state index contributed by atoms with van der Waals surface area (Å²) >= 11 is 0. The molecule has 0 spiro atoms. The average Bonchev–Trinajstić information content (AvgIpc) is 3.07. The van der Waals surface area contributed by atoms with E-state index in [4.69, 9.17) is 14.2 Å². The SMILES string of the molecule is COc1ccc(OC(C(=O)OC2C(=O)N(c3ccccc3)CC2(C)C)c2ccccc2)cc1. The summed E-state index contributed by atoms with van der Waals surface area (Å²) in [7, 11) is 1.58. The first-order valence-electron chi connectivity index (χ1n) is 10.8. The molecule has 0 bridgehead atoms.